The lowest BCUT2D eigenvalue weighted by molar-refractivity contribution is -0.146. The van der Waals surface area contributed by atoms with Crippen LogP contribution in [0, 0.1) is 18.7 Å². The number of aryl methyl sites for hydroxylation is 1. The minimum atomic E-state index is -0.899. The van der Waals surface area contributed by atoms with E-state index in [1.54, 1.807) is 19.1 Å². The molecule has 0 saturated carbocycles. The van der Waals surface area contributed by atoms with Gasteiger partial charge in [-0.1, -0.05) is 19.1 Å². The highest BCUT2D eigenvalue weighted by Gasteiger charge is 2.34. The number of piperidine rings is 1. The highest BCUT2D eigenvalue weighted by atomic mass is 19.1. The number of anilines is 1. The van der Waals surface area contributed by atoms with Gasteiger partial charge in [0.05, 0.1) is 11.6 Å². The molecule has 152 valence electrons. The Morgan fingerprint density at radius 2 is 2.00 bits per heavy atom. The molecular formula is C21H23FN4O3. The Kier molecular flexibility index (Phi) is 5.91. The van der Waals surface area contributed by atoms with Gasteiger partial charge in [0.2, 0.25) is 0 Å². The molecule has 2 atom stereocenters. The molecule has 2 aromatic rings. The monoisotopic (exact) mass is 398 g/mol. The van der Waals surface area contributed by atoms with E-state index >= 15 is 0 Å². The molecule has 0 unspecified atom stereocenters. The SMILES string of the molecule is Cc1cc([C@H]2CC[C@H](C)CN2C(=O)C(=O)Nc2ncccc2C(N)=O)ccc1F. The number of nitrogens with one attached hydrogen (secondary N) is 1. The first-order valence-corrected chi connectivity index (χ1v) is 9.40. The molecule has 1 aromatic carbocycles. The van der Waals surface area contributed by atoms with Crippen LogP contribution in [0.3, 0.4) is 0 Å². The van der Waals surface area contributed by atoms with Crippen LogP contribution in [0.1, 0.15) is 47.3 Å². The summed E-state index contributed by atoms with van der Waals surface area (Å²) in [5.74, 6) is -2.54. The van der Waals surface area contributed by atoms with Crippen LogP contribution in [0.5, 0.6) is 0 Å². The van der Waals surface area contributed by atoms with E-state index in [1.165, 1.54) is 29.3 Å². The number of nitrogens with two attached hydrogens (primary N) is 1. The molecule has 0 spiro atoms. The molecule has 3 rings (SSSR count). The fourth-order valence-corrected chi connectivity index (χ4v) is 3.59. The minimum Gasteiger partial charge on any atom is -0.365 e. The number of primary amides is 1. The normalized spacial score (nSPS) is 18.9. The number of rotatable bonds is 3. The summed E-state index contributed by atoms with van der Waals surface area (Å²) >= 11 is 0. The standard InChI is InChI=1S/C21H23FN4O3/c1-12-5-8-17(14-6-7-16(22)13(2)10-14)26(11-12)21(29)20(28)25-19-15(18(23)27)4-3-9-24-19/h3-4,6-7,9-10,12,17H,5,8,11H2,1-2H3,(H2,23,27)(H,24,25,28)/t12-,17+/m0/s1. The van der Waals surface area contributed by atoms with E-state index in [1.807, 2.05) is 6.92 Å². The van der Waals surface area contributed by atoms with Crippen molar-refractivity contribution in [3.05, 3.63) is 59.0 Å². The number of pyridine rings is 1. The van der Waals surface area contributed by atoms with Crippen molar-refractivity contribution in [1.29, 1.82) is 0 Å². The summed E-state index contributed by atoms with van der Waals surface area (Å²) in [5, 5.41) is 2.39. The maximum atomic E-state index is 13.7. The van der Waals surface area contributed by atoms with E-state index in [0.717, 1.165) is 12.0 Å². The van der Waals surface area contributed by atoms with Crippen LogP contribution in [0.2, 0.25) is 0 Å². The Morgan fingerprint density at radius 3 is 2.69 bits per heavy atom. The number of carbonyl (C=O) groups is 3. The predicted octanol–water partition coefficient (Wildman–Crippen LogP) is 2.57. The Labute approximate surface area is 168 Å². The van der Waals surface area contributed by atoms with Crippen molar-refractivity contribution < 1.29 is 18.8 Å². The van der Waals surface area contributed by atoms with Crippen molar-refractivity contribution >= 4 is 23.5 Å². The third-order valence-corrected chi connectivity index (χ3v) is 5.14. The Bertz CT molecular complexity index is 963. The first-order valence-electron chi connectivity index (χ1n) is 9.40. The maximum absolute atomic E-state index is 13.7. The van der Waals surface area contributed by atoms with Gasteiger partial charge in [0.15, 0.2) is 0 Å². The maximum Gasteiger partial charge on any atom is 0.315 e. The smallest absolute Gasteiger partial charge is 0.315 e. The summed E-state index contributed by atoms with van der Waals surface area (Å²) in [5.41, 5.74) is 6.58. The van der Waals surface area contributed by atoms with Crippen molar-refractivity contribution in [1.82, 2.24) is 9.88 Å². The van der Waals surface area contributed by atoms with Crippen molar-refractivity contribution in [2.45, 2.75) is 32.7 Å². The molecule has 3 amide bonds. The molecule has 3 N–H and O–H groups in total. The van der Waals surface area contributed by atoms with Gasteiger partial charge >= 0.3 is 11.8 Å². The summed E-state index contributed by atoms with van der Waals surface area (Å²) in [6.45, 7) is 4.07. The second kappa shape index (κ2) is 8.38. The molecule has 7 nitrogen and oxygen atoms in total. The first-order chi connectivity index (χ1) is 13.8. The highest BCUT2D eigenvalue weighted by Crippen LogP contribution is 2.34. The van der Waals surface area contributed by atoms with Crippen LogP contribution in [0.15, 0.2) is 36.5 Å². The molecule has 8 heteroatoms. The summed E-state index contributed by atoms with van der Waals surface area (Å²) in [7, 11) is 0. The van der Waals surface area contributed by atoms with Crippen LogP contribution in [0.25, 0.3) is 0 Å². The number of hydrogen-bond donors (Lipinski definition) is 2. The number of hydrogen-bond acceptors (Lipinski definition) is 4. The lowest BCUT2D eigenvalue weighted by Gasteiger charge is -2.38. The molecule has 2 heterocycles. The van der Waals surface area contributed by atoms with Gasteiger partial charge < -0.3 is 16.0 Å². The van der Waals surface area contributed by atoms with Crippen molar-refractivity contribution in [3.8, 4) is 0 Å². The summed E-state index contributed by atoms with van der Waals surface area (Å²) in [4.78, 5) is 42.6. The fourth-order valence-electron chi connectivity index (χ4n) is 3.59. The summed E-state index contributed by atoms with van der Waals surface area (Å²) in [6, 6.07) is 7.32. The topological polar surface area (TPSA) is 105 Å². The fraction of sp³-hybridized carbons (Fsp3) is 0.333. The lowest BCUT2D eigenvalue weighted by atomic mass is 9.89. The van der Waals surface area contributed by atoms with E-state index in [2.05, 4.69) is 10.3 Å². The highest BCUT2D eigenvalue weighted by molar-refractivity contribution is 6.39. The van der Waals surface area contributed by atoms with E-state index in [0.29, 0.717) is 18.5 Å². The molecule has 0 bridgehead atoms. The van der Waals surface area contributed by atoms with Crippen molar-refractivity contribution in [2.75, 3.05) is 11.9 Å². The molecule has 1 saturated heterocycles. The number of halogens is 1. The van der Waals surface area contributed by atoms with E-state index in [4.69, 9.17) is 5.73 Å². The van der Waals surface area contributed by atoms with Crippen LogP contribution in [-0.2, 0) is 9.59 Å². The van der Waals surface area contributed by atoms with Gasteiger partial charge in [-0.2, -0.15) is 0 Å². The zero-order valence-corrected chi connectivity index (χ0v) is 16.3. The van der Waals surface area contributed by atoms with Gasteiger partial charge in [-0.15, -0.1) is 0 Å². The average Bonchev–Trinajstić information content (AvgIpc) is 2.69. The quantitative estimate of drug-likeness (QED) is 0.775. The number of benzene rings is 1. The van der Waals surface area contributed by atoms with E-state index in [9.17, 15) is 18.8 Å². The van der Waals surface area contributed by atoms with Gasteiger partial charge in [-0.3, -0.25) is 14.4 Å². The first kappa shape index (κ1) is 20.4. The van der Waals surface area contributed by atoms with Gasteiger partial charge in [0.1, 0.15) is 11.6 Å². The molecule has 0 aliphatic carbocycles. The van der Waals surface area contributed by atoms with E-state index < -0.39 is 17.7 Å². The second-order valence-electron chi connectivity index (χ2n) is 7.38. The Balaban J connectivity index is 1.85. The molecule has 29 heavy (non-hydrogen) atoms. The molecule has 1 aliphatic heterocycles. The van der Waals surface area contributed by atoms with Crippen LogP contribution < -0.4 is 11.1 Å². The number of carbonyl (C=O) groups excluding carboxylic acids is 3. The van der Waals surface area contributed by atoms with Gasteiger partial charge in [-0.05, 0) is 55.0 Å². The molecule has 1 fully saturated rings. The summed E-state index contributed by atoms with van der Waals surface area (Å²) in [6.07, 6.45) is 2.94. The average molecular weight is 398 g/mol. The number of aromatic nitrogens is 1. The third kappa shape index (κ3) is 4.42. The van der Waals surface area contributed by atoms with Crippen LogP contribution in [-0.4, -0.2) is 34.2 Å². The lowest BCUT2D eigenvalue weighted by Crippen LogP contribution is -2.46. The van der Waals surface area contributed by atoms with Crippen molar-refractivity contribution in [3.63, 3.8) is 0 Å². The van der Waals surface area contributed by atoms with Crippen LogP contribution in [0.4, 0.5) is 10.2 Å². The second-order valence-corrected chi connectivity index (χ2v) is 7.38. The molecule has 1 aromatic heterocycles. The Hall–Kier alpha value is -3.29. The van der Waals surface area contributed by atoms with E-state index in [-0.39, 0.29) is 29.2 Å². The van der Waals surface area contributed by atoms with Crippen LogP contribution >= 0.6 is 0 Å². The molecular weight excluding hydrogens is 375 g/mol. The van der Waals surface area contributed by atoms with Crippen molar-refractivity contribution in [2.24, 2.45) is 11.7 Å². The number of likely N-dealkylation sites (tertiary alicyclic amines) is 1. The third-order valence-electron chi connectivity index (χ3n) is 5.14. The Morgan fingerprint density at radius 1 is 1.24 bits per heavy atom. The zero-order valence-electron chi connectivity index (χ0n) is 16.3. The minimum absolute atomic E-state index is 0.0198. The number of amides is 3. The largest absolute Gasteiger partial charge is 0.365 e. The van der Waals surface area contributed by atoms with Gasteiger partial charge in [0, 0.05) is 12.7 Å². The van der Waals surface area contributed by atoms with Gasteiger partial charge in [-0.25, -0.2) is 9.37 Å². The molecule has 1 aliphatic rings. The number of nitrogens with zero attached hydrogens (tertiary/aromatic N) is 2. The predicted molar refractivity (Wildman–Crippen MR) is 105 cm³/mol. The molecule has 0 radical (unpaired) electrons. The van der Waals surface area contributed by atoms with Gasteiger partial charge in [0.25, 0.3) is 5.91 Å². The summed E-state index contributed by atoms with van der Waals surface area (Å²) < 4.78 is 13.7. The zero-order chi connectivity index (χ0) is 21.1.